The number of carbonyl (C=O) groups excluding carboxylic acids is 1. The van der Waals surface area contributed by atoms with E-state index < -0.39 is 0 Å². The Labute approximate surface area is 86.3 Å². The molecule has 72 valence electrons. The summed E-state index contributed by atoms with van der Waals surface area (Å²) in [5.41, 5.74) is 6.41. The summed E-state index contributed by atoms with van der Waals surface area (Å²) < 4.78 is 4.86. The highest BCUT2D eigenvalue weighted by atomic mass is 32.1. The first-order valence-electron chi connectivity index (χ1n) is 3.82. The van der Waals surface area contributed by atoms with Crippen LogP contribution in [0.15, 0.2) is 4.90 Å². The Hall–Kier alpha value is -0.680. The van der Waals surface area contributed by atoms with Gasteiger partial charge in [-0.15, -0.1) is 24.0 Å². The van der Waals surface area contributed by atoms with E-state index in [0.29, 0.717) is 21.4 Å². The average Bonchev–Trinajstić information content (AvgIpc) is 2.33. The van der Waals surface area contributed by atoms with Crippen molar-refractivity contribution >= 4 is 34.9 Å². The molecule has 0 aromatic carbocycles. The van der Waals surface area contributed by atoms with Crippen molar-refractivity contribution in [2.24, 2.45) is 0 Å². The first-order chi connectivity index (χ1) is 6.07. The van der Waals surface area contributed by atoms with E-state index in [0.717, 1.165) is 5.56 Å². The Kier molecular flexibility index (Phi) is 3.22. The predicted octanol–water partition coefficient (Wildman–Crippen LogP) is 2.10. The number of nitrogen functional groups attached to an aromatic ring is 1. The third kappa shape index (κ3) is 1.97. The Morgan fingerprint density at radius 1 is 1.69 bits per heavy atom. The lowest BCUT2D eigenvalue weighted by Gasteiger charge is -1.98. The van der Waals surface area contributed by atoms with Crippen LogP contribution in [0.2, 0.25) is 0 Å². The van der Waals surface area contributed by atoms with Gasteiger partial charge in [0, 0.05) is 4.90 Å². The Bertz CT molecular complexity index is 333. The minimum Gasteiger partial charge on any atom is -0.462 e. The molecule has 1 heterocycles. The van der Waals surface area contributed by atoms with Crippen molar-refractivity contribution in [3.63, 3.8) is 0 Å². The van der Waals surface area contributed by atoms with E-state index in [1.165, 1.54) is 11.3 Å². The number of carbonyl (C=O) groups is 1. The van der Waals surface area contributed by atoms with Crippen LogP contribution in [0.5, 0.6) is 0 Å². The smallest absolute Gasteiger partial charge is 0.348 e. The van der Waals surface area contributed by atoms with Gasteiger partial charge in [-0.25, -0.2) is 4.79 Å². The number of anilines is 1. The molecule has 0 unspecified atom stereocenters. The fourth-order valence-corrected chi connectivity index (χ4v) is 2.11. The molecule has 2 N–H and O–H groups in total. The second-order valence-electron chi connectivity index (χ2n) is 2.49. The van der Waals surface area contributed by atoms with Gasteiger partial charge in [-0.1, -0.05) is 0 Å². The lowest BCUT2D eigenvalue weighted by Crippen LogP contribution is -2.03. The predicted molar refractivity (Wildman–Crippen MR) is 56.7 cm³/mol. The number of thiol groups is 1. The maximum atomic E-state index is 11.3. The van der Waals surface area contributed by atoms with Crippen molar-refractivity contribution in [1.29, 1.82) is 0 Å². The molecule has 0 bridgehead atoms. The SMILES string of the molecule is CCOC(=O)c1sc(N)c(S)c1C. The van der Waals surface area contributed by atoms with Gasteiger partial charge in [-0.3, -0.25) is 0 Å². The molecule has 0 spiro atoms. The summed E-state index contributed by atoms with van der Waals surface area (Å²) in [5, 5.41) is 0.559. The third-order valence-electron chi connectivity index (χ3n) is 1.60. The van der Waals surface area contributed by atoms with Crippen molar-refractivity contribution in [2.75, 3.05) is 12.3 Å². The summed E-state index contributed by atoms with van der Waals surface area (Å²) in [7, 11) is 0. The maximum absolute atomic E-state index is 11.3. The van der Waals surface area contributed by atoms with E-state index in [-0.39, 0.29) is 5.97 Å². The van der Waals surface area contributed by atoms with Crippen LogP contribution in [-0.2, 0) is 4.74 Å². The number of thiophene rings is 1. The van der Waals surface area contributed by atoms with Gasteiger partial charge in [-0.05, 0) is 19.4 Å². The van der Waals surface area contributed by atoms with Crippen LogP contribution in [0.1, 0.15) is 22.2 Å². The Morgan fingerprint density at radius 2 is 2.31 bits per heavy atom. The highest BCUT2D eigenvalue weighted by Gasteiger charge is 2.17. The largest absolute Gasteiger partial charge is 0.462 e. The number of esters is 1. The van der Waals surface area contributed by atoms with E-state index >= 15 is 0 Å². The van der Waals surface area contributed by atoms with Crippen LogP contribution < -0.4 is 5.73 Å². The van der Waals surface area contributed by atoms with Crippen molar-refractivity contribution in [1.82, 2.24) is 0 Å². The lowest BCUT2D eigenvalue weighted by molar-refractivity contribution is 0.0531. The molecule has 1 aromatic heterocycles. The third-order valence-corrected chi connectivity index (χ3v) is 3.43. The minimum absolute atomic E-state index is 0.322. The van der Waals surface area contributed by atoms with Crippen LogP contribution in [0.3, 0.4) is 0 Å². The minimum atomic E-state index is -0.322. The van der Waals surface area contributed by atoms with E-state index in [9.17, 15) is 4.79 Å². The summed E-state index contributed by atoms with van der Waals surface area (Å²) in [6.45, 7) is 3.95. The fourth-order valence-electron chi connectivity index (χ4n) is 0.919. The van der Waals surface area contributed by atoms with Crippen LogP contribution in [0, 0.1) is 6.92 Å². The molecule has 1 rings (SSSR count). The van der Waals surface area contributed by atoms with Crippen LogP contribution >= 0.6 is 24.0 Å². The Morgan fingerprint density at radius 3 is 2.69 bits per heavy atom. The molecule has 3 nitrogen and oxygen atoms in total. The zero-order chi connectivity index (χ0) is 10.0. The normalized spacial score (nSPS) is 10.1. The highest BCUT2D eigenvalue weighted by molar-refractivity contribution is 7.80. The molecule has 0 aliphatic rings. The molecule has 0 fully saturated rings. The second-order valence-corrected chi connectivity index (χ2v) is 3.99. The fraction of sp³-hybridized carbons (Fsp3) is 0.375. The molecule has 0 saturated carbocycles. The van der Waals surface area contributed by atoms with Gasteiger partial charge in [0.05, 0.1) is 6.61 Å². The molecule has 0 saturated heterocycles. The molecule has 0 aliphatic carbocycles. The zero-order valence-electron chi connectivity index (χ0n) is 7.46. The standard InChI is InChI=1S/C8H11NO2S2/c1-3-11-8(10)6-4(2)5(12)7(9)13-6/h12H,3,9H2,1-2H3. The van der Waals surface area contributed by atoms with Gasteiger partial charge in [-0.2, -0.15) is 0 Å². The number of ether oxygens (including phenoxy) is 1. The molecule has 0 radical (unpaired) electrons. The molecular weight excluding hydrogens is 206 g/mol. The van der Waals surface area contributed by atoms with Gasteiger partial charge in [0.25, 0.3) is 0 Å². The van der Waals surface area contributed by atoms with E-state index in [2.05, 4.69) is 12.6 Å². The molecular formula is C8H11NO2S2. The molecule has 0 amide bonds. The molecule has 0 aliphatic heterocycles. The number of hydrogen-bond acceptors (Lipinski definition) is 5. The Balaban J connectivity index is 3.01. The second kappa shape index (κ2) is 4.02. The summed E-state index contributed by atoms with van der Waals surface area (Å²) >= 11 is 5.39. The highest BCUT2D eigenvalue weighted by Crippen LogP contribution is 2.33. The summed E-state index contributed by atoms with van der Waals surface area (Å²) in [4.78, 5) is 12.5. The number of nitrogens with two attached hydrogens (primary N) is 1. The van der Waals surface area contributed by atoms with Gasteiger partial charge >= 0.3 is 5.97 Å². The van der Waals surface area contributed by atoms with Crippen LogP contribution in [-0.4, -0.2) is 12.6 Å². The number of hydrogen-bond donors (Lipinski definition) is 2. The molecule has 5 heteroatoms. The zero-order valence-corrected chi connectivity index (χ0v) is 9.17. The van der Waals surface area contributed by atoms with Crippen molar-refractivity contribution in [3.8, 4) is 0 Å². The van der Waals surface area contributed by atoms with E-state index in [4.69, 9.17) is 10.5 Å². The average molecular weight is 217 g/mol. The van der Waals surface area contributed by atoms with Crippen molar-refractivity contribution < 1.29 is 9.53 Å². The lowest BCUT2D eigenvalue weighted by atomic mass is 10.3. The number of rotatable bonds is 2. The first kappa shape index (κ1) is 10.4. The van der Waals surface area contributed by atoms with Crippen LogP contribution in [0.4, 0.5) is 5.00 Å². The summed E-state index contributed by atoms with van der Waals surface area (Å²) in [5.74, 6) is -0.322. The monoisotopic (exact) mass is 217 g/mol. The quantitative estimate of drug-likeness (QED) is 0.589. The molecule has 0 atom stereocenters. The van der Waals surface area contributed by atoms with E-state index in [1.807, 2.05) is 0 Å². The van der Waals surface area contributed by atoms with Crippen molar-refractivity contribution in [2.45, 2.75) is 18.7 Å². The molecule has 13 heavy (non-hydrogen) atoms. The van der Waals surface area contributed by atoms with E-state index in [1.54, 1.807) is 13.8 Å². The summed E-state index contributed by atoms with van der Waals surface area (Å²) in [6, 6.07) is 0. The summed E-state index contributed by atoms with van der Waals surface area (Å²) in [6.07, 6.45) is 0. The van der Waals surface area contributed by atoms with Gasteiger partial charge < -0.3 is 10.5 Å². The van der Waals surface area contributed by atoms with Crippen molar-refractivity contribution in [3.05, 3.63) is 10.4 Å². The first-order valence-corrected chi connectivity index (χ1v) is 5.09. The van der Waals surface area contributed by atoms with Gasteiger partial charge in [0.1, 0.15) is 9.88 Å². The van der Waals surface area contributed by atoms with Gasteiger partial charge in [0.15, 0.2) is 0 Å². The topological polar surface area (TPSA) is 52.3 Å². The van der Waals surface area contributed by atoms with Gasteiger partial charge in [0.2, 0.25) is 0 Å². The molecule has 1 aromatic rings. The van der Waals surface area contributed by atoms with Crippen LogP contribution in [0.25, 0.3) is 0 Å². The maximum Gasteiger partial charge on any atom is 0.348 e.